The van der Waals surface area contributed by atoms with Crippen molar-refractivity contribution in [2.24, 2.45) is 4.36 Å². The molecule has 9 nitrogen and oxygen atoms in total. The van der Waals surface area contributed by atoms with E-state index in [2.05, 4.69) is 31.5 Å². The predicted octanol–water partition coefficient (Wildman–Crippen LogP) is 3.30. The van der Waals surface area contributed by atoms with Crippen LogP contribution in [-0.2, 0) is 14.5 Å². The molecule has 1 saturated heterocycles. The minimum absolute atomic E-state index is 0.119. The monoisotopic (exact) mass is 455 g/mol. The Bertz CT molecular complexity index is 1380. The first-order chi connectivity index (χ1) is 15.4. The maximum atomic E-state index is 13.5. The first kappa shape index (κ1) is 20.6. The summed E-state index contributed by atoms with van der Waals surface area (Å²) in [5, 5.41) is 12.0. The van der Waals surface area contributed by atoms with Gasteiger partial charge in [0.05, 0.1) is 52.5 Å². The Kier molecular flexibility index (Phi) is 5.14. The van der Waals surface area contributed by atoms with Gasteiger partial charge in [-0.3, -0.25) is 5.10 Å². The predicted molar refractivity (Wildman–Crippen MR) is 119 cm³/mol. The molecule has 0 saturated carbocycles. The number of halogens is 1. The van der Waals surface area contributed by atoms with Gasteiger partial charge in [0.15, 0.2) is 11.5 Å². The summed E-state index contributed by atoms with van der Waals surface area (Å²) in [5.41, 5.74) is 1.07. The molecular formula is C21H22FN7O2S. The highest BCUT2D eigenvalue weighted by atomic mass is 32.2. The molecule has 1 aliphatic rings. The number of hydrogen-bond acceptors (Lipinski definition) is 7. The first-order valence-electron chi connectivity index (χ1n) is 10.1. The molecule has 0 spiro atoms. The number of aromatic amines is 1. The van der Waals surface area contributed by atoms with Crippen molar-refractivity contribution >= 4 is 32.3 Å². The van der Waals surface area contributed by atoms with Crippen molar-refractivity contribution < 1.29 is 13.3 Å². The second-order valence-electron chi connectivity index (χ2n) is 7.70. The van der Waals surface area contributed by atoms with E-state index in [9.17, 15) is 8.60 Å². The average Bonchev–Trinajstić information content (AvgIpc) is 3.44. The normalized spacial score (nSPS) is 18.6. The smallest absolute Gasteiger partial charge is 0.169 e. The number of hydrogen-bond donors (Lipinski definition) is 1. The Morgan fingerprint density at radius 1 is 1.28 bits per heavy atom. The Balaban J connectivity index is 1.72. The van der Waals surface area contributed by atoms with Gasteiger partial charge in [-0.15, -0.1) is 0 Å². The van der Waals surface area contributed by atoms with Gasteiger partial charge in [0, 0.05) is 29.8 Å². The van der Waals surface area contributed by atoms with Gasteiger partial charge in [-0.1, -0.05) is 0 Å². The number of nitrogens with one attached hydrogen (secondary N) is 1. The number of fused-ring (bicyclic) bond motifs is 1. The van der Waals surface area contributed by atoms with E-state index in [4.69, 9.17) is 9.72 Å². The van der Waals surface area contributed by atoms with Crippen LogP contribution in [0.3, 0.4) is 0 Å². The summed E-state index contributed by atoms with van der Waals surface area (Å²) in [7, 11) is -2.85. The zero-order chi connectivity index (χ0) is 22.3. The summed E-state index contributed by atoms with van der Waals surface area (Å²) in [6.07, 6.45) is 4.83. The van der Waals surface area contributed by atoms with Gasteiger partial charge in [-0.2, -0.15) is 19.2 Å². The maximum absolute atomic E-state index is 13.5. The van der Waals surface area contributed by atoms with Crippen molar-refractivity contribution in [1.82, 2.24) is 25.0 Å². The van der Waals surface area contributed by atoms with Crippen LogP contribution in [0.25, 0.3) is 16.9 Å². The van der Waals surface area contributed by atoms with Crippen molar-refractivity contribution in [3.63, 3.8) is 0 Å². The SMILES string of the molecule is C[C@@H]1COCCN1c1cc(N=S(C)(=O)c2ccc(F)cc2)c2cnn(-c3ccn[nH]3)c2n1. The highest BCUT2D eigenvalue weighted by Crippen LogP contribution is 2.33. The van der Waals surface area contributed by atoms with Crippen molar-refractivity contribution in [2.75, 3.05) is 30.9 Å². The number of morpholine rings is 1. The van der Waals surface area contributed by atoms with Gasteiger partial charge >= 0.3 is 0 Å². The number of aromatic nitrogens is 5. The Morgan fingerprint density at radius 2 is 2.09 bits per heavy atom. The fourth-order valence-electron chi connectivity index (χ4n) is 3.73. The molecule has 0 radical (unpaired) electrons. The fraction of sp³-hybridized carbons (Fsp3) is 0.286. The van der Waals surface area contributed by atoms with E-state index in [0.29, 0.717) is 53.0 Å². The van der Waals surface area contributed by atoms with E-state index in [0.717, 1.165) is 0 Å². The van der Waals surface area contributed by atoms with Crippen LogP contribution in [0.15, 0.2) is 58.1 Å². The van der Waals surface area contributed by atoms with E-state index in [-0.39, 0.29) is 11.9 Å². The molecule has 0 aliphatic carbocycles. The van der Waals surface area contributed by atoms with Crippen LogP contribution in [0.1, 0.15) is 6.92 Å². The van der Waals surface area contributed by atoms with E-state index in [1.54, 1.807) is 29.4 Å². The van der Waals surface area contributed by atoms with Crippen LogP contribution in [0.2, 0.25) is 0 Å². The molecule has 166 valence electrons. The van der Waals surface area contributed by atoms with Gasteiger partial charge < -0.3 is 9.64 Å². The zero-order valence-corrected chi connectivity index (χ0v) is 18.4. The van der Waals surface area contributed by atoms with Gasteiger partial charge in [0.2, 0.25) is 0 Å². The number of anilines is 1. The third-order valence-electron chi connectivity index (χ3n) is 5.41. The summed E-state index contributed by atoms with van der Waals surface area (Å²) < 4.78 is 38.7. The summed E-state index contributed by atoms with van der Waals surface area (Å²) in [6, 6.07) is 9.30. The lowest BCUT2D eigenvalue weighted by Crippen LogP contribution is -2.44. The molecule has 0 bridgehead atoms. The van der Waals surface area contributed by atoms with Gasteiger partial charge in [-0.05, 0) is 31.2 Å². The molecule has 1 fully saturated rings. The van der Waals surface area contributed by atoms with E-state index in [1.165, 1.54) is 24.3 Å². The molecule has 4 heterocycles. The Hall–Kier alpha value is -3.31. The van der Waals surface area contributed by atoms with Gasteiger partial charge in [0.25, 0.3) is 0 Å². The standard InChI is InChI=1S/C21H22FN7O2S/c1-14-13-31-10-9-28(14)20-11-18(27-32(2,30)16-5-3-15(22)4-6-16)17-12-24-29(21(17)25-20)19-7-8-23-26-19/h3-8,11-12,14H,9-10,13H2,1-2H3,(H,23,26)/t14-,32?/m1/s1. The van der Waals surface area contributed by atoms with Gasteiger partial charge in [-0.25, -0.2) is 13.6 Å². The number of H-pyrrole nitrogens is 1. The Morgan fingerprint density at radius 3 is 2.81 bits per heavy atom. The first-order valence-corrected chi connectivity index (χ1v) is 12.1. The molecule has 2 atom stereocenters. The van der Waals surface area contributed by atoms with Crippen LogP contribution in [0.5, 0.6) is 0 Å². The van der Waals surface area contributed by atoms with Crippen LogP contribution >= 0.6 is 0 Å². The number of benzene rings is 1. The lowest BCUT2D eigenvalue weighted by molar-refractivity contribution is 0.0985. The van der Waals surface area contributed by atoms with Crippen molar-refractivity contribution in [1.29, 1.82) is 0 Å². The molecule has 0 amide bonds. The molecule has 1 N–H and O–H groups in total. The third-order valence-corrected chi connectivity index (χ3v) is 7.10. The number of pyridine rings is 1. The minimum atomic E-state index is -2.85. The minimum Gasteiger partial charge on any atom is -0.377 e. The highest BCUT2D eigenvalue weighted by molar-refractivity contribution is 7.93. The molecule has 11 heteroatoms. The number of rotatable bonds is 4. The second-order valence-corrected chi connectivity index (χ2v) is 9.96. The lowest BCUT2D eigenvalue weighted by Gasteiger charge is -2.34. The van der Waals surface area contributed by atoms with Crippen molar-refractivity contribution in [2.45, 2.75) is 17.9 Å². The average molecular weight is 456 g/mol. The lowest BCUT2D eigenvalue weighted by atomic mass is 10.2. The number of nitrogens with zero attached hydrogens (tertiary/aromatic N) is 6. The van der Waals surface area contributed by atoms with E-state index in [1.807, 2.05) is 6.07 Å². The second kappa shape index (κ2) is 7.99. The van der Waals surface area contributed by atoms with Gasteiger partial charge in [0.1, 0.15) is 11.6 Å². The van der Waals surface area contributed by atoms with Crippen molar-refractivity contribution in [3.05, 3.63) is 54.6 Å². The quantitative estimate of drug-likeness (QED) is 0.507. The molecule has 1 unspecified atom stereocenters. The van der Waals surface area contributed by atoms with E-state index < -0.39 is 9.73 Å². The van der Waals surface area contributed by atoms with Crippen LogP contribution in [0, 0.1) is 5.82 Å². The molecule has 3 aromatic heterocycles. The maximum Gasteiger partial charge on any atom is 0.169 e. The molecule has 5 rings (SSSR count). The Labute approximate surface area is 184 Å². The summed E-state index contributed by atoms with van der Waals surface area (Å²) in [4.78, 5) is 7.45. The molecule has 1 aromatic carbocycles. The topological polar surface area (TPSA) is 101 Å². The fourth-order valence-corrected chi connectivity index (χ4v) is 5.00. The molecule has 32 heavy (non-hydrogen) atoms. The number of ether oxygens (including phenoxy) is 1. The van der Waals surface area contributed by atoms with Crippen LogP contribution in [-0.4, -0.2) is 61.2 Å². The molecule has 1 aliphatic heterocycles. The van der Waals surface area contributed by atoms with E-state index >= 15 is 0 Å². The summed E-state index contributed by atoms with van der Waals surface area (Å²) in [6.45, 7) is 3.93. The largest absolute Gasteiger partial charge is 0.377 e. The zero-order valence-electron chi connectivity index (χ0n) is 17.6. The third kappa shape index (κ3) is 3.73. The van der Waals surface area contributed by atoms with Crippen LogP contribution in [0.4, 0.5) is 15.9 Å². The molecular weight excluding hydrogens is 433 g/mol. The van der Waals surface area contributed by atoms with Crippen LogP contribution < -0.4 is 4.90 Å². The summed E-state index contributed by atoms with van der Waals surface area (Å²) >= 11 is 0. The van der Waals surface area contributed by atoms with Crippen molar-refractivity contribution in [3.8, 4) is 5.82 Å². The molecule has 4 aromatic rings. The summed E-state index contributed by atoms with van der Waals surface area (Å²) in [5.74, 6) is 0.962. The highest BCUT2D eigenvalue weighted by Gasteiger charge is 2.23.